The van der Waals surface area contributed by atoms with Gasteiger partial charge in [-0.15, -0.1) is 0 Å². The van der Waals surface area contributed by atoms with Gasteiger partial charge in [-0.1, -0.05) is 62.7 Å². The summed E-state index contributed by atoms with van der Waals surface area (Å²) in [5.74, 6) is -1.53. The summed E-state index contributed by atoms with van der Waals surface area (Å²) in [5.41, 5.74) is 6.46. The Morgan fingerprint density at radius 3 is 2.26 bits per heavy atom. The van der Waals surface area contributed by atoms with Gasteiger partial charge in [0.1, 0.15) is 0 Å². The lowest BCUT2D eigenvalue weighted by molar-refractivity contribution is -0.123. The molecule has 0 spiro atoms. The zero-order valence-electron chi connectivity index (χ0n) is 18.6. The van der Waals surface area contributed by atoms with Crippen molar-refractivity contribution in [2.75, 3.05) is 20.3 Å². The Morgan fingerprint density at radius 2 is 1.71 bits per heavy atom. The second-order valence-corrected chi connectivity index (χ2v) is 10.4. The Morgan fingerprint density at radius 1 is 1.10 bits per heavy atom. The highest BCUT2D eigenvalue weighted by molar-refractivity contribution is 7.89. The summed E-state index contributed by atoms with van der Waals surface area (Å²) in [6, 6.07) is 14.6. The molecule has 1 unspecified atom stereocenters. The van der Waals surface area contributed by atoms with Crippen molar-refractivity contribution in [2.24, 2.45) is 0 Å². The van der Waals surface area contributed by atoms with Gasteiger partial charge in [-0.3, -0.25) is 0 Å². The molecule has 0 saturated carbocycles. The number of likely N-dealkylation sites (N-methyl/N-ethyl adjacent to an activating group) is 1. The number of hydrogen-bond donors (Lipinski definition) is 3. The summed E-state index contributed by atoms with van der Waals surface area (Å²) < 4.78 is 35.4. The molecule has 0 fully saturated rings. The fourth-order valence-electron chi connectivity index (χ4n) is 3.44. The van der Waals surface area contributed by atoms with Crippen molar-refractivity contribution in [2.45, 2.75) is 43.9 Å². The van der Waals surface area contributed by atoms with E-state index in [1.165, 1.54) is 0 Å². The van der Waals surface area contributed by atoms with Crippen LogP contribution in [0.15, 0.2) is 59.6 Å². The van der Waals surface area contributed by atoms with E-state index in [9.17, 15) is 13.5 Å². The minimum atomic E-state index is -3.96. The zero-order valence-corrected chi connectivity index (χ0v) is 19.5. The molecule has 1 atom stereocenters. The summed E-state index contributed by atoms with van der Waals surface area (Å²) >= 11 is 0. The number of nitrogens with zero attached hydrogens (tertiary/aromatic N) is 1. The highest BCUT2D eigenvalue weighted by Crippen LogP contribution is 2.35. The molecule has 3 rings (SSSR count). The molecule has 0 aromatic heterocycles. The molecule has 0 saturated heterocycles. The normalized spacial score (nSPS) is 19.9. The summed E-state index contributed by atoms with van der Waals surface area (Å²) in [4.78, 5) is 0.135. The van der Waals surface area contributed by atoms with E-state index in [2.05, 4.69) is 30.9 Å². The molecule has 7 nitrogen and oxygen atoms in total. The smallest absolute Gasteiger partial charge is 0.244 e. The van der Waals surface area contributed by atoms with Gasteiger partial charge in [0.15, 0.2) is 0 Å². The number of benzene rings is 2. The third-order valence-corrected chi connectivity index (χ3v) is 6.75. The van der Waals surface area contributed by atoms with Crippen molar-refractivity contribution in [3.8, 4) is 0 Å². The number of sulfonamides is 1. The van der Waals surface area contributed by atoms with Crippen LogP contribution in [0, 0.1) is 6.92 Å². The maximum absolute atomic E-state index is 13.4. The standard InChI is InChI=1S/C23H31N3O4S/c1-17-6-8-18(9-7-17)21-16-24-26(5)23(21,30-15-14-27)25-31(28,29)20-12-10-19(11-13-20)22(2,3)4/h6-13,16,24-25,27H,14-15H2,1-5H3. The molecule has 2 aromatic rings. The van der Waals surface area contributed by atoms with Gasteiger partial charge in [-0.2, -0.15) is 9.73 Å². The van der Waals surface area contributed by atoms with E-state index in [0.29, 0.717) is 5.57 Å². The second kappa shape index (κ2) is 8.72. The van der Waals surface area contributed by atoms with Gasteiger partial charge in [-0.05, 0) is 35.6 Å². The number of aryl methyl sites for hydroxylation is 1. The van der Waals surface area contributed by atoms with Gasteiger partial charge in [-0.25, -0.2) is 8.42 Å². The number of rotatable bonds is 7. The third-order valence-electron chi connectivity index (χ3n) is 5.31. The summed E-state index contributed by atoms with van der Waals surface area (Å²) in [6.07, 6.45) is 1.70. The van der Waals surface area contributed by atoms with E-state index in [0.717, 1.165) is 16.7 Å². The maximum atomic E-state index is 13.4. The Labute approximate surface area is 184 Å². The Balaban J connectivity index is 2.01. The molecule has 0 amide bonds. The van der Waals surface area contributed by atoms with Crippen molar-refractivity contribution in [1.29, 1.82) is 0 Å². The topological polar surface area (TPSA) is 90.9 Å². The molecule has 1 heterocycles. The van der Waals surface area contributed by atoms with Crippen molar-refractivity contribution < 1.29 is 18.3 Å². The highest BCUT2D eigenvalue weighted by atomic mass is 32.2. The number of nitrogens with one attached hydrogen (secondary N) is 2. The predicted octanol–water partition coefficient (Wildman–Crippen LogP) is 2.72. The van der Waals surface area contributed by atoms with Crippen molar-refractivity contribution in [3.63, 3.8) is 0 Å². The van der Waals surface area contributed by atoms with Gasteiger partial charge >= 0.3 is 0 Å². The molecular weight excluding hydrogens is 414 g/mol. The first-order chi connectivity index (χ1) is 14.5. The first-order valence-corrected chi connectivity index (χ1v) is 11.6. The van der Waals surface area contributed by atoms with Crippen LogP contribution in [0.1, 0.15) is 37.5 Å². The van der Waals surface area contributed by atoms with Crippen molar-refractivity contribution in [3.05, 3.63) is 71.4 Å². The highest BCUT2D eigenvalue weighted by Gasteiger charge is 2.48. The second-order valence-electron chi connectivity index (χ2n) is 8.71. The van der Waals surface area contributed by atoms with E-state index in [1.54, 1.807) is 30.4 Å². The first-order valence-electron chi connectivity index (χ1n) is 10.2. The molecule has 0 bridgehead atoms. The molecule has 0 aliphatic carbocycles. The summed E-state index contributed by atoms with van der Waals surface area (Å²) in [7, 11) is -2.28. The van der Waals surface area contributed by atoms with Gasteiger partial charge in [0.25, 0.3) is 0 Å². The van der Waals surface area contributed by atoms with Crippen LogP contribution in [0.2, 0.25) is 0 Å². The molecule has 8 heteroatoms. The van der Waals surface area contributed by atoms with Crippen LogP contribution in [0.5, 0.6) is 0 Å². The fourth-order valence-corrected chi connectivity index (χ4v) is 4.72. The number of ether oxygens (including phenoxy) is 1. The zero-order chi connectivity index (χ0) is 22.9. The monoisotopic (exact) mass is 445 g/mol. The van der Waals surface area contributed by atoms with Gasteiger partial charge in [0, 0.05) is 18.8 Å². The maximum Gasteiger partial charge on any atom is 0.244 e. The lowest BCUT2D eigenvalue weighted by Gasteiger charge is -2.38. The lowest BCUT2D eigenvalue weighted by Crippen LogP contribution is -2.61. The van der Waals surface area contributed by atoms with Gasteiger partial charge < -0.3 is 15.3 Å². The number of aliphatic hydroxyl groups is 1. The molecule has 0 radical (unpaired) electrons. The fraction of sp³-hybridized carbons (Fsp3) is 0.391. The molecular formula is C23H31N3O4S. The van der Waals surface area contributed by atoms with E-state index >= 15 is 0 Å². The Hall–Kier alpha value is -2.23. The number of hydrazine groups is 1. The van der Waals surface area contributed by atoms with Crippen LogP contribution in [-0.2, 0) is 20.2 Å². The van der Waals surface area contributed by atoms with Crippen molar-refractivity contribution in [1.82, 2.24) is 15.2 Å². The lowest BCUT2D eigenvalue weighted by atomic mass is 9.87. The van der Waals surface area contributed by atoms with Gasteiger partial charge in [0.05, 0.1) is 18.1 Å². The number of hydrogen-bond acceptors (Lipinski definition) is 6. The van der Waals surface area contributed by atoms with E-state index in [4.69, 9.17) is 4.74 Å². The average Bonchev–Trinajstić information content (AvgIpc) is 3.02. The Kier molecular flexibility index (Phi) is 6.59. The quantitative estimate of drug-likeness (QED) is 0.568. The van der Waals surface area contributed by atoms with Crippen LogP contribution in [0.3, 0.4) is 0 Å². The minimum Gasteiger partial charge on any atom is -0.394 e. The van der Waals surface area contributed by atoms with Crippen LogP contribution in [-0.4, -0.2) is 44.6 Å². The van der Waals surface area contributed by atoms with Crippen LogP contribution < -0.4 is 10.1 Å². The van der Waals surface area contributed by atoms with Crippen molar-refractivity contribution >= 4 is 15.6 Å². The minimum absolute atomic E-state index is 0.0549. The Bertz CT molecular complexity index is 1040. The molecule has 2 aromatic carbocycles. The summed E-state index contributed by atoms with van der Waals surface area (Å²) in [5, 5.41) is 10.9. The molecule has 3 N–H and O–H groups in total. The predicted molar refractivity (Wildman–Crippen MR) is 121 cm³/mol. The summed E-state index contributed by atoms with van der Waals surface area (Å²) in [6.45, 7) is 7.90. The number of aliphatic hydroxyl groups excluding tert-OH is 1. The third kappa shape index (κ3) is 4.83. The molecule has 1 aliphatic heterocycles. The molecule has 31 heavy (non-hydrogen) atoms. The average molecular weight is 446 g/mol. The van der Waals surface area contributed by atoms with Crippen LogP contribution in [0.25, 0.3) is 5.57 Å². The van der Waals surface area contributed by atoms with Crippen LogP contribution in [0.4, 0.5) is 0 Å². The SMILES string of the molecule is Cc1ccc(C2=CNN(C)C2(NS(=O)(=O)c2ccc(C(C)(C)C)cc2)OCCO)cc1. The molecule has 1 aliphatic rings. The largest absolute Gasteiger partial charge is 0.394 e. The van der Waals surface area contributed by atoms with E-state index in [-0.39, 0.29) is 23.5 Å². The van der Waals surface area contributed by atoms with E-state index < -0.39 is 15.9 Å². The van der Waals surface area contributed by atoms with Crippen LogP contribution >= 0.6 is 0 Å². The van der Waals surface area contributed by atoms with Gasteiger partial charge in [0.2, 0.25) is 15.9 Å². The van der Waals surface area contributed by atoms with E-state index in [1.807, 2.05) is 43.3 Å². The first kappa shape index (κ1) is 23.4. The molecule has 168 valence electrons.